The fraction of sp³-hybridized carbons (Fsp3) is 0.211. The first-order valence-corrected chi connectivity index (χ1v) is 9.22. The Kier molecular flexibility index (Phi) is 5.98. The summed E-state index contributed by atoms with van der Waals surface area (Å²) in [6, 6.07) is 4.80. The third-order valence-corrected chi connectivity index (χ3v) is 5.00. The number of rotatable bonds is 4. The number of pyridine rings is 1. The average molecular weight is 480 g/mol. The number of halogens is 7. The van der Waals surface area contributed by atoms with Crippen LogP contribution in [0.4, 0.5) is 22.0 Å². The molecule has 0 aliphatic rings. The summed E-state index contributed by atoms with van der Waals surface area (Å²) in [5, 5.41) is 0.0155. The van der Waals surface area contributed by atoms with E-state index in [1.807, 2.05) is 0 Å². The fourth-order valence-corrected chi connectivity index (χ4v) is 2.73. The van der Waals surface area contributed by atoms with Crippen LogP contribution in [0.2, 0.25) is 10.0 Å². The predicted octanol–water partition coefficient (Wildman–Crippen LogP) is 6.20. The molecule has 12 heteroatoms. The highest BCUT2D eigenvalue weighted by atomic mass is 35.5. The Hall–Kier alpha value is -2.72. The van der Waals surface area contributed by atoms with Crippen LogP contribution in [0.5, 0.6) is 11.5 Å². The molecule has 0 atom stereocenters. The monoisotopic (exact) mass is 479 g/mol. The minimum Gasteiger partial charge on any atom is -0.449 e. The molecule has 0 aliphatic carbocycles. The van der Waals surface area contributed by atoms with E-state index in [4.69, 9.17) is 27.9 Å². The predicted molar refractivity (Wildman–Crippen MR) is 104 cm³/mol. The van der Waals surface area contributed by atoms with Gasteiger partial charge in [-0.15, -0.1) is 0 Å². The number of nitrogens with zero attached hydrogens (tertiary/aromatic N) is 2. The summed E-state index contributed by atoms with van der Waals surface area (Å²) in [5.41, 5.74) is -1.97. The van der Waals surface area contributed by atoms with Gasteiger partial charge in [0, 0.05) is 12.3 Å². The Balaban J connectivity index is 2.23. The first-order valence-electron chi connectivity index (χ1n) is 8.47. The van der Waals surface area contributed by atoms with Gasteiger partial charge >= 0.3 is 12.1 Å². The van der Waals surface area contributed by atoms with Crippen LogP contribution < -0.4 is 10.3 Å². The lowest BCUT2D eigenvalue weighted by Crippen LogP contribution is -2.36. The maximum atomic E-state index is 14.3. The Morgan fingerprint density at radius 2 is 1.68 bits per heavy atom. The minimum absolute atomic E-state index is 0.0661. The lowest BCUT2D eigenvalue weighted by atomic mass is 10.1. The Morgan fingerprint density at radius 1 is 1.00 bits per heavy atom. The van der Waals surface area contributed by atoms with Gasteiger partial charge in [0.25, 0.3) is 5.56 Å². The normalized spacial score (nSPS) is 12.2. The SMILES string of the molecule is Cc1cnc(-c2nc(C(F)(F)C(F)(F)F)c(Oc3ccc(Cl)c(Cl)c3)c(=O)[nH]2)cc1C. The van der Waals surface area contributed by atoms with Gasteiger partial charge in [0.05, 0.1) is 10.0 Å². The zero-order chi connectivity index (χ0) is 23.1. The molecular weight excluding hydrogens is 468 g/mol. The molecule has 5 nitrogen and oxygen atoms in total. The number of hydrogen-bond donors (Lipinski definition) is 1. The van der Waals surface area contributed by atoms with Crippen molar-refractivity contribution >= 4 is 23.2 Å². The van der Waals surface area contributed by atoms with E-state index in [1.54, 1.807) is 13.8 Å². The van der Waals surface area contributed by atoms with Crippen molar-refractivity contribution in [3.8, 4) is 23.0 Å². The summed E-state index contributed by atoms with van der Waals surface area (Å²) in [5.74, 6) is -7.71. The number of nitrogens with one attached hydrogen (secondary N) is 1. The van der Waals surface area contributed by atoms with E-state index in [1.165, 1.54) is 18.3 Å². The fourth-order valence-electron chi connectivity index (χ4n) is 2.44. The van der Waals surface area contributed by atoms with Crippen LogP contribution in [0.15, 0.2) is 35.3 Å². The second-order valence-corrected chi connectivity index (χ2v) is 7.31. The van der Waals surface area contributed by atoms with E-state index in [0.29, 0.717) is 5.56 Å². The number of aryl methyl sites for hydroxylation is 2. The van der Waals surface area contributed by atoms with Crippen molar-refractivity contribution in [2.24, 2.45) is 0 Å². The molecule has 0 amide bonds. The summed E-state index contributed by atoms with van der Waals surface area (Å²) in [6.45, 7) is 3.39. The van der Waals surface area contributed by atoms with Crippen molar-refractivity contribution in [3.63, 3.8) is 0 Å². The van der Waals surface area contributed by atoms with Gasteiger partial charge in [-0.3, -0.25) is 9.78 Å². The topological polar surface area (TPSA) is 67.9 Å². The van der Waals surface area contributed by atoms with E-state index in [2.05, 4.69) is 15.0 Å². The second-order valence-electron chi connectivity index (χ2n) is 6.50. The van der Waals surface area contributed by atoms with Gasteiger partial charge in [-0.25, -0.2) is 4.98 Å². The zero-order valence-corrected chi connectivity index (χ0v) is 17.3. The summed E-state index contributed by atoms with van der Waals surface area (Å²) in [6.07, 6.45) is -4.68. The maximum absolute atomic E-state index is 14.3. The average Bonchev–Trinajstić information content (AvgIpc) is 2.67. The Labute approximate surface area is 181 Å². The number of aromatic nitrogens is 3. The standard InChI is InChI=1S/C19H12Cl2F5N3O2/c1-8-5-13(27-7-9(8)2)16-28-15(18(22,23)19(24,25)26)14(17(30)29-16)31-10-3-4-11(20)12(21)6-10/h3-7H,1-2H3,(H,28,29,30). The summed E-state index contributed by atoms with van der Waals surface area (Å²) in [7, 11) is 0. The van der Waals surface area contributed by atoms with E-state index < -0.39 is 34.9 Å². The van der Waals surface area contributed by atoms with Gasteiger partial charge in [-0.2, -0.15) is 22.0 Å². The number of benzene rings is 1. The Morgan fingerprint density at radius 3 is 2.26 bits per heavy atom. The summed E-state index contributed by atoms with van der Waals surface area (Å²) in [4.78, 5) is 22.0. The van der Waals surface area contributed by atoms with Gasteiger partial charge in [-0.1, -0.05) is 23.2 Å². The molecule has 3 rings (SSSR count). The van der Waals surface area contributed by atoms with Crippen LogP contribution in [0.25, 0.3) is 11.5 Å². The van der Waals surface area contributed by atoms with Crippen LogP contribution in [0, 0.1) is 13.8 Å². The number of hydrogen-bond acceptors (Lipinski definition) is 4. The first-order chi connectivity index (χ1) is 14.3. The molecule has 0 saturated carbocycles. The van der Waals surface area contributed by atoms with Crippen molar-refractivity contribution in [3.05, 3.63) is 67.7 Å². The molecular formula is C19H12Cl2F5N3O2. The van der Waals surface area contributed by atoms with Gasteiger partial charge < -0.3 is 9.72 Å². The van der Waals surface area contributed by atoms with Gasteiger partial charge in [0.15, 0.2) is 11.5 Å². The molecule has 3 aromatic rings. The molecule has 0 saturated heterocycles. The molecule has 0 radical (unpaired) electrons. The quantitative estimate of drug-likeness (QED) is 0.452. The maximum Gasteiger partial charge on any atom is 0.459 e. The van der Waals surface area contributed by atoms with Crippen LogP contribution in [0.1, 0.15) is 16.8 Å². The molecule has 0 unspecified atom stereocenters. The van der Waals surface area contributed by atoms with Crippen LogP contribution in [-0.4, -0.2) is 21.1 Å². The lowest BCUT2D eigenvalue weighted by molar-refractivity contribution is -0.291. The van der Waals surface area contributed by atoms with Crippen molar-refractivity contribution in [2.45, 2.75) is 25.9 Å². The third kappa shape index (κ3) is 4.49. The Bertz CT molecular complexity index is 1210. The summed E-state index contributed by atoms with van der Waals surface area (Å²) < 4.78 is 73.0. The van der Waals surface area contributed by atoms with Crippen molar-refractivity contribution in [2.75, 3.05) is 0 Å². The van der Waals surface area contributed by atoms with E-state index in [9.17, 15) is 26.7 Å². The largest absolute Gasteiger partial charge is 0.459 e. The van der Waals surface area contributed by atoms with Crippen molar-refractivity contribution < 1.29 is 26.7 Å². The molecule has 164 valence electrons. The minimum atomic E-state index is -6.04. The van der Waals surface area contributed by atoms with E-state index >= 15 is 0 Å². The third-order valence-electron chi connectivity index (χ3n) is 4.26. The molecule has 0 fully saturated rings. The van der Waals surface area contributed by atoms with Crippen molar-refractivity contribution in [1.82, 2.24) is 15.0 Å². The second kappa shape index (κ2) is 8.08. The molecule has 0 bridgehead atoms. The van der Waals surface area contributed by atoms with Crippen LogP contribution >= 0.6 is 23.2 Å². The zero-order valence-electron chi connectivity index (χ0n) is 15.7. The molecule has 31 heavy (non-hydrogen) atoms. The smallest absolute Gasteiger partial charge is 0.449 e. The van der Waals surface area contributed by atoms with Crippen LogP contribution in [0.3, 0.4) is 0 Å². The molecule has 2 aromatic heterocycles. The summed E-state index contributed by atoms with van der Waals surface area (Å²) >= 11 is 11.6. The van der Waals surface area contributed by atoms with E-state index in [0.717, 1.165) is 17.7 Å². The lowest BCUT2D eigenvalue weighted by Gasteiger charge is -2.21. The van der Waals surface area contributed by atoms with Gasteiger partial charge in [0.2, 0.25) is 5.75 Å². The molecule has 0 aliphatic heterocycles. The molecule has 1 N–H and O–H groups in total. The van der Waals surface area contributed by atoms with Gasteiger partial charge in [0.1, 0.15) is 11.4 Å². The molecule has 1 aromatic carbocycles. The molecule has 0 spiro atoms. The number of H-pyrrole nitrogens is 1. The number of alkyl halides is 5. The van der Waals surface area contributed by atoms with E-state index in [-0.39, 0.29) is 21.5 Å². The number of ether oxygens (including phenoxy) is 1. The first kappa shape index (κ1) is 23.0. The molecule has 2 heterocycles. The highest BCUT2D eigenvalue weighted by Gasteiger charge is 2.62. The van der Waals surface area contributed by atoms with Crippen molar-refractivity contribution in [1.29, 1.82) is 0 Å². The van der Waals surface area contributed by atoms with Crippen LogP contribution in [-0.2, 0) is 5.92 Å². The highest BCUT2D eigenvalue weighted by Crippen LogP contribution is 2.46. The van der Waals surface area contributed by atoms with Gasteiger partial charge in [-0.05, 0) is 43.2 Å². The highest BCUT2D eigenvalue weighted by molar-refractivity contribution is 6.42. The number of aromatic amines is 1.